The summed E-state index contributed by atoms with van der Waals surface area (Å²) in [4.78, 5) is 11.9. The molecule has 0 fully saturated rings. The van der Waals surface area contributed by atoms with Gasteiger partial charge in [0.2, 0.25) is 0 Å². The molecule has 0 atom stereocenters. The number of hydrogen-bond donors (Lipinski definition) is 2. The molecule has 0 radical (unpaired) electrons. The number of urea groups is 1. The summed E-state index contributed by atoms with van der Waals surface area (Å²) in [7, 11) is 0. The van der Waals surface area contributed by atoms with Gasteiger partial charge < -0.3 is 10.6 Å². The minimum absolute atomic E-state index is 0.0298. The number of alkyl halides is 3. The highest BCUT2D eigenvalue weighted by Gasteiger charge is 2.30. The van der Waals surface area contributed by atoms with E-state index < -0.39 is 17.8 Å². The fraction of sp³-hybridized carbons (Fsp3) is 0.0667. The lowest BCUT2D eigenvalue weighted by Gasteiger charge is -2.11. The lowest BCUT2D eigenvalue weighted by Crippen LogP contribution is -2.20. The fourth-order valence-electron chi connectivity index (χ4n) is 1.78. The smallest absolute Gasteiger partial charge is 0.308 e. The zero-order chi connectivity index (χ0) is 17.0. The first kappa shape index (κ1) is 16.6. The van der Waals surface area contributed by atoms with Crippen LogP contribution in [0.5, 0.6) is 0 Å². The molecule has 2 aromatic rings. The molecule has 2 N–H and O–H groups in total. The van der Waals surface area contributed by atoms with Crippen molar-refractivity contribution < 1.29 is 18.0 Å². The van der Waals surface area contributed by atoms with Gasteiger partial charge in [-0.1, -0.05) is 17.7 Å². The van der Waals surface area contributed by atoms with Gasteiger partial charge in [0.05, 0.1) is 16.8 Å². The van der Waals surface area contributed by atoms with E-state index in [2.05, 4.69) is 10.6 Å². The van der Waals surface area contributed by atoms with Crippen LogP contribution in [0.4, 0.5) is 29.3 Å². The molecule has 0 aliphatic carbocycles. The topological polar surface area (TPSA) is 64.9 Å². The van der Waals surface area contributed by atoms with Crippen molar-refractivity contribution in [2.45, 2.75) is 6.18 Å². The Morgan fingerprint density at radius 3 is 2.52 bits per heavy atom. The Morgan fingerprint density at radius 1 is 1.13 bits per heavy atom. The zero-order valence-corrected chi connectivity index (χ0v) is 12.2. The molecule has 2 amide bonds. The minimum Gasteiger partial charge on any atom is -0.308 e. The van der Waals surface area contributed by atoms with Crippen molar-refractivity contribution in [1.82, 2.24) is 0 Å². The first-order chi connectivity index (χ1) is 10.8. The normalized spacial score (nSPS) is 10.7. The first-order valence-electron chi connectivity index (χ1n) is 6.24. The van der Waals surface area contributed by atoms with Gasteiger partial charge in [0.25, 0.3) is 0 Å². The third-order valence-corrected chi connectivity index (χ3v) is 3.03. The van der Waals surface area contributed by atoms with E-state index in [9.17, 15) is 18.0 Å². The molecule has 0 aliphatic heterocycles. The lowest BCUT2D eigenvalue weighted by molar-refractivity contribution is -0.137. The van der Waals surface area contributed by atoms with E-state index in [-0.39, 0.29) is 16.9 Å². The van der Waals surface area contributed by atoms with Crippen LogP contribution < -0.4 is 10.6 Å². The number of nitrogens with zero attached hydrogens (tertiary/aromatic N) is 1. The quantitative estimate of drug-likeness (QED) is 0.819. The standard InChI is InChI=1S/C15H9ClF3N3O/c16-11-5-4-9(8-20)13(7-11)22-14(23)21-12-3-1-2-10(6-12)15(17,18)19/h1-7H,(H2,21,22,23). The number of benzene rings is 2. The van der Waals surface area contributed by atoms with Crippen molar-refractivity contribution in [2.75, 3.05) is 10.6 Å². The summed E-state index contributed by atoms with van der Waals surface area (Å²) in [5, 5.41) is 13.9. The third kappa shape index (κ3) is 4.37. The molecule has 0 bridgehead atoms. The van der Waals surface area contributed by atoms with Gasteiger partial charge in [-0.15, -0.1) is 0 Å². The first-order valence-corrected chi connectivity index (χ1v) is 6.62. The number of amides is 2. The highest BCUT2D eigenvalue weighted by Crippen LogP contribution is 2.30. The predicted octanol–water partition coefficient (Wildman–Crippen LogP) is 4.87. The SMILES string of the molecule is N#Cc1ccc(Cl)cc1NC(=O)Nc1cccc(C(F)(F)F)c1. The van der Waals surface area contributed by atoms with E-state index in [1.54, 1.807) is 0 Å². The van der Waals surface area contributed by atoms with Crippen LogP contribution in [0.25, 0.3) is 0 Å². The highest BCUT2D eigenvalue weighted by molar-refractivity contribution is 6.31. The van der Waals surface area contributed by atoms with Crippen LogP contribution in [-0.4, -0.2) is 6.03 Å². The van der Waals surface area contributed by atoms with E-state index >= 15 is 0 Å². The number of halogens is 4. The Morgan fingerprint density at radius 2 is 1.87 bits per heavy atom. The summed E-state index contributed by atoms with van der Waals surface area (Å²) in [6.45, 7) is 0. The largest absolute Gasteiger partial charge is 0.416 e. The van der Waals surface area contributed by atoms with Crippen molar-refractivity contribution >= 4 is 29.0 Å². The van der Waals surface area contributed by atoms with Gasteiger partial charge in [0.15, 0.2) is 0 Å². The summed E-state index contributed by atoms with van der Waals surface area (Å²) in [6.07, 6.45) is -4.50. The number of anilines is 2. The van der Waals surface area contributed by atoms with Crippen LogP contribution in [-0.2, 0) is 6.18 Å². The molecule has 0 aliphatic rings. The average molecular weight is 340 g/mol. The summed E-state index contributed by atoms with van der Waals surface area (Å²) in [5.41, 5.74) is -0.577. The predicted molar refractivity (Wildman–Crippen MR) is 80.3 cm³/mol. The lowest BCUT2D eigenvalue weighted by atomic mass is 10.2. The molecule has 4 nitrogen and oxygen atoms in total. The zero-order valence-electron chi connectivity index (χ0n) is 11.4. The Bertz CT molecular complexity index is 784. The van der Waals surface area contributed by atoms with Crippen LogP contribution in [0.2, 0.25) is 5.02 Å². The van der Waals surface area contributed by atoms with Gasteiger partial charge in [-0.2, -0.15) is 18.4 Å². The highest BCUT2D eigenvalue weighted by atomic mass is 35.5. The molecule has 2 rings (SSSR count). The number of nitrogens with one attached hydrogen (secondary N) is 2. The van der Waals surface area contributed by atoms with Crippen LogP contribution in [0.1, 0.15) is 11.1 Å². The molecule has 0 saturated carbocycles. The number of nitriles is 1. The Hall–Kier alpha value is -2.72. The maximum absolute atomic E-state index is 12.6. The van der Waals surface area contributed by atoms with Gasteiger partial charge in [-0.25, -0.2) is 4.79 Å². The molecule has 0 aromatic heterocycles. The monoisotopic (exact) mass is 339 g/mol. The van der Waals surface area contributed by atoms with Crippen molar-refractivity contribution in [3.63, 3.8) is 0 Å². The van der Waals surface area contributed by atoms with Crippen LogP contribution in [0, 0.1) is 11.3 Å². The number of rotatable bonds is 2. The Kier molecular flexibility index (Phi) is 4.77. The second kappa shape index (κ2) is 6.58. The fourth-order valence-corrected chi connectivity index (χ4v) is 1.95. The molecule has 118 valence electrons. The van der Waals surface area contributed by atoms with Gasteiger partial charge in [0, 0.05) is 10.7 Å². The average Bonchev–Trinajstić information content (AvgIpc) is 2.46. The Balaban J connectivity index is 2.15. The van der Waals surface area contributed by atoms with E-state index in [1.807, 2.05) is 6.07 Å². The van der Waals surface area contributed by atoms with Crippen LogP contribution in [0.15, 0.2) is 42.5 Å². The molecular weight excluding hydrogens is 331 g/mol. The molecule has 0 saturated heterocycles. The van der Waals surface area contributed by atoms with Crippen molar-refractivity contribution in [3.8, 4) is 6.07 Å². The summed E-state index contributed by atoms with van der Waals surface area (Å²) in [6, 6.07) is 9.55. The molecule has 8 heteroatoms. The maximum atomic E-state index is 12.6. The van der Waals surface area contributed by atoms with Crippen molar-refractivity contribution in [3.05, 3.63) is 58.6 Å². The second-order valence-electron chi connectivity index (χ2n) is 4.46. The van der Waals surface area contributed by atoms with Crippen molar-refractivity contribution in [1.29, 1.82) is 5.26 Å². The van der Waals surface area contributed by atoms with Gasteiger partial charge >= 0.3 is 12.2 Å². The molecule has 0 spiro atoms. The second-order valence-corrected chi connectivity index (χ2v) is 4.90. The number of carbonyl (C=O) groups excluding carboxylic acids is 1. The van der Waals surface area contributed by atoms with E-state index in [0.29, 0.717) is 5.02 Å². The molecule has 23 heavy (non-hydrogen) atoms. The van der Waals surface area contributed by atoms with E-state index in [1.165, 1.54) is 30.3 Å². The van der Waals surface area contributed by atoms with Gasteiger partial charge in [-0.3, -0.25) is 0 Å². The molecule has 2 aromatic carbocycles. The van der Waals surface area contributed by atoms with Crippen LogP contribution >= 0.6 is 11.6 Å². The van der Waals surface area contributed by atoms with E-state index in [4.69, 9.17) is 16.9 Å². The maximum Gasteiger partial charge on any atom is 0.416 e. The molecule has 0 heterocycles. The molecule has 0 unspecified atom stereocenters. The van der Waals surface area contributed by atoms with Gasteiger partial charge in [-0.05, 0) is 36.4 Å². The van der Waals surface area contributed by atoms with E-state index in [0.717, 1.165) is 12.1 Å². The minimum atomic E-state index is -4.50. The third-order valence-electron chi connectivity index (χ3n) is 2.80. The Labute approximate surface area is 134 Å². The summed E-state index contributed by atoms with van der Waals surface area (Å²) >= 11 is 5.78. The van der Waals surface area contributed by atoms with Gasteiger partial charge in [0.1, 0.15) is 6.07 Å². The number of hydrogen-bond acceptors (Lipinski definition) is 2. The van der Waals surface area contributed by atoms with Crippen LogP contribution in [0.3, 0.4) is 0 Å². The molecular formula is C15H9ClF3N3O. The summed E-state index contributed by atoms with van der Waals surface area (Å²) in [5.74, 6) is 0. The number of carbonyl (C=O) groups is 1. The van der Waals surface area contributed by atoms with Crippen molar-refractivity contribution in [2.24, 2.45) is 0 Å². The summed E-state index contributed by atoms with van der Waals surface area (Å²) < 4.78 is 37.8.